The van der Waals surface area contributed by atoms with E-state index in [1.165, 1.54) is 18.4 Å². The molecule has 2 fully saturated rings. The lowest BCUT2D eigenvalue weighted by Gasteiger charge is -2.37. The molecule has 0 amide bonds. The van der Waals surface area contributed by atoms with Gasteiger partial charge < -0.3 is 14.2 Å². The number of rotatable bonds is 7. The summed E-state index contributed by atoms with van der Waals surface area (Å²) in [5.74, 6) is 1.50. The first-order chi connectivity index (χ1) is 12.2. The van der Waals surface area contributed by atoms with Crippen molar-refractivity contribution >= 4 is 0 Å². The summed E-state index contributed by atoms with van der Waals surface area (Å²) in [5, 5.41) is 0. The Morgan fingerprint density at radius 3 is 2.60 bits per heavy atom. The molecule has 5 heteroatoms. The van der Waals surface area contributed by atoms with Crippen molar-refractivity contribution in [1.29, 1.82) is 0 Å². The van der Waals surface area contributed by atoms with Crippen LogP contribution in [0.25, 0.3) is 0 Å². The van der Waals surface area contributed by atoms with Crippen LogP contribution >= 0.6 is 0 Å². The molecule has 1 saturated carbocycles. The summed E-state index contributed by atoms with van der Waals surface area (Å²) in [4.78, 5) is 2.31. The van der Waals surface area contributed by atoms with Crippen LogP contribution in [-0.4, -0.2) is 57.1 Å². The standard InChI is InChI=1S/C20H30FNO3/c1-23-19-8-7-15(13-20(19)24-2)10-12-25-18-6-4-3-5-17(18)22-11-9-16(21)14-22/h7-8,13,16-18H,3-6,9-12,14H2,1-2H3/t16?,17-,18+/m1/s1. The number of hydrogen-bond acceptors (Lipinski definition) is 4. The van der Waals surface area contributed by atoms with Gasteiger partial charge in [-0.05, 0) is 43.4 Å². The second-order valence-electron chi connectivity index (χ2n) is 7.08. The lowest BCUT2D eigenvalue weighted by molar-refractivity contribution is -0.0303. The van der Waals surface area contributed by atoms with Gasteiger partial charge in [-0.25, -0.2) is 4.39 Å². The van der Waals surface area contributed by atoms with Crippen LogP contribution in [-0.2, 0) is 11.2 Å². The maximum atomic E-state index is 13.6. The number of halogens is 1. The Morgan fingerprint density at radius 2 is 1.88 bits per heavy atom. The number of alkyl halides is 1. The van der Waals surface area contributed by atoms with Gasteiger partial charge in [0.15, 0.2) is 11.5 Å². The minimum absolute atomic E-state index is 0.235. The summed E-state index contributed by atoms with van der Waals surface area (Å²) < 4.78 is 30.4. The van der Waals surface area contributed by atoms with E-state index in [0.717, 1.165) is 37.3 Å². The van der Waals surface area contributed by atoms with Gasteiger partial charge in [0.25, 0.3) is 0 Å². The van der Waals surface area contributed by atoms with E-state index >= 15 is 0 Å². The Morgan fingerprint density at radius 1 is 1.08 bits per heavy atom. The molecule has 1 aromatic carbocycles. The van der Waals surface area contributed by atoms with Crippen molar-refractivity contribution in [2.45, 2.75) is 56.8 Å². The molecule has 0 spiro atoms. The minimum Gasteiger partial charge on any atom is -0.493 e. The maximum Gasteiger partial charge on any atom is 0.160 e. The lowest BCUT2D eigenvalue weighted by Crippen LogP contribution is -2.46. The van der Waals surface area contributed by atoms with E-state index in [1.807, 2.05) is 12.1 Å². The number of ether oxygens (including phenoxy) is 3. The highest BCUT2D eigenvalue weighted by atomic mass is 19.1. The zero-order valence-electron chi connectivity index (χ0n) is 15.4. The quantitative estimate of drug-likeness (QED) is 0.751. The highest BCUT2D eigenvalue weighted by Crippen LogP contribution is 2.30. The second kappa shape index (κ2) is 8.86. The van der Waals surface area contributed by atoms with Gasteiger partial charge in [-0.3, -0.25) is 4.90 Å². The SMILES string of the molecule is COc1ccc(CCO[C@H]2CCCC[C@H]2N2CCC(F)C2)cc1OC. The molecule has 0 N–H and O–H groups in total. The van der Waals surface area contributed by atoms with E-state index in [1.54, 1.807) is 14.2 Å². The van der Waals surface area contributed by atoms with Crippen LogP contribution in [0.5, 0.6) is 11.5 Å². The van der Waals surface area contributed by atoms with Gasteiger partial charge in [0, 0.05) is 19.1 Å². The summed E-state index contributed by atoms with van der Waals surface area (Å²) in [6.07, 6.45) is 5.76. The van der Waals surface area contributed by atoms with Gasteiger partial charge in [0.1, 0.15) is 6.17 Å². The van der Waals surface area contributed by atoms with Crippen LogP contribution in [0, 0.1) is 0 Å². The number of likely N-dealkylation sites (tertiary alicyclic amines) is 1. The first-order valence-electron chi connectivity index (χ1n) is 9.42. The molecule has 1 heterocycles. The number of methoxy groups -OCH3 is 2. The largest absolute Gasteiger partial charge is 0.493 e. The van der Waals surface area contributed by atoms with Crippen molar-refractivity contribution < 1.29 is 18.6 Å². The van der Waals surface area contributed by atoms with E-state index in [-0.39, 0.29) is 6.10 Å². The Kier molecular flexibility index (Phi) is 6.54. The van der Waals surface area contributed by atoms with Crippen LogP contribution in [0.4, 0.5) is 4.39 Å². The first-order valence-corrected chi connectivity index (χ1v) is 9.42. The van der Waals surface area contributed by atoms with E-state index in [4.69, 9.17) is 14.2 Å². The monoisotopic (exact) mass is 351 g/mol. The molecule has 1 saturated heterocycles. The van der Waals surface area contributed by atoms with E-state index < -0.39 is 6.17 Å². The summed E-state index contributed by atoms with van der Waals surface area (Å²) in [6, 6.07) is 6.38. The third kappa shape index (κ3) is 4.64. The minimum atomic E-state index is -0.658. The van der Waals surface area contributed by atoms with Gasteiger partial charge in [0.05, 0.1) is 26.9 Å². The molecule has 3 rings (SSSR count). The molecule has 1 unspecified atom stereocenters. The average Bonchev–Trinajstić information content (AvgIpc) is 3.08. The van der Waals surface area contributed by atoms with Crippen LogP contribution in [0.1, 0.15) is 37.7 Å². The van der Waals surface area contributed by atoms with Crippen molar-refractivity contribution in [1.82, 2.24) is 4.90 Å². The molecule has 0 bridgehead atoms. The van der Waals surface area contributed by atoms with Crippen LogP contribution in [0.15, 0.2) is 18.2 Å². The van der Waals surface area contributed by atoms with Crippen molar-refractivity contribution in [3.63, 3.8) is 0 Å². The predicted molar refractivity (Wildman–Crippen MR) is 96.3 cm³/mol. The smallest absolute Gasteiger partial charge is 0.160 e. The molecule has 3 atom stereocenters. The number of benzene rings is 1. The fraction of sp³-hybridized carbons (Fsp3) is 0.700. The van der Waals surface area contributed by atoms with Crippen LogP contribution in [0.2, 0.25) is 0 Å². The van der Waals surface area contributed by atoms with Crippen molar-refractivity contribution in [2.75, 3.05) is 33.9 Å². The molecule has 4 nitrogen and oxygen atoms in total. The molecule has 2 aliphatic rings. The van der Waals surface area contributed by atoms with E-state index in [0.29, 0.717) is 25.6 Å². The normalized spacial score (nSPS) is 27.4. The van der Waals surface area contributed by atoms with Gasteiger partial charge in [-0.2, -0.15) is 0 Å². The van der Waals surface area contributed by atoms with Gasteiger partial charge >= 0.3 is 0 Å². The molecular formula is C20H30FNO3. The average molecular weight is 351 g/mol. The zero-order chi connectivity index (χ0) is 17.6. The zero-order valence-corrected chi connectivity index (χ0v) is 15.4. The number of hydrogen-bond donors (Lipinski definition) is 0. The summed E-state index contributed by atoms with van der Waals surface area (Å²) >= 11 is 0. The lowest BCUT2D eigenvalue weighted by atomic mass is 9.91. The Labute approximate surface area is 150 Å². The molecule has 0 radical (unpaired) electrons. The van der Waals surface area contributed by atoms with Gasteiger partial charge in [-0.15, -0.1) is 0 Å². The van der Waals surface area contributed by atoms with E-state index in [9.17, 15) is 4.39 Å². The number of nitrogens with zero attached hydrogens (tertiary/aromatic N) is 1. The van der Waals surface area contributed by atoms with Crippen molar-refractivity contribution in [3.05, 3.63) is 23.8 Å². The van der Waals surface area contributed by atoms with Crippen LogP contribution in [0.3, 0.4) is 0 Å². The first kappa shape index (κ1) is 18.5. The van der Waals surface area contributed by atoms with Crippen molar-refractivity contribution in [3.8, 4) is 11.5 Å². The molecule has 140 valence electrons. The molecule has 1 aliphatic heterocycles. The van der Waals surface area contributed by atoms with Crippen molar-refractivity contribution in [2.24, 2.45) is 0 Å². The highest BCUT2D eigenvalue weighted by Gasteiger charge is 2.35. The summed E-state index contributed by atoms with van der Waals surface area (Å²) in [5.41, 5.74) is 1.18. The molecule has 0 aromatic heterocycles. The molecule has 1 aliphatic carbocycles. The fourth-order valence-electron chi connectivity index (χ4n) is 4.10. The van der Waals surface area contributed by atoms with E-state index in [2.05, 4.69) is 11.0 Å². The molecule has 1 aromatic rings. The Bertz CT molecular complexity index is 554. The fourth-order valence-corrected chi connectivity index (χ4v) is 4.10. The predicted octanol–water partition coefficient (Wildman–Crippen LogP) is 3.62. The highest BCUT2D eigenvalue weighted by molar-refractivity contribution is 5.42. The van der Waals surface area contributed by atoms with Gasteiger partial charge in [-0.1, -0.05) is 18.9 Å². The van der Waals surface area contributed by atoms with Crippen LogP contribution < -0.4 is 9.47 Å². The Hall–Kier alpha value is -1.33. The molecular weight excluding hydrogens is 321 g/mol. The Balaban J connectivity index is 1.53. The maximum absolute atomic E-state index is 13.6. The molecule has 25 heavy (non-hydrogen) atoms. The second-order valence-corrected chi connectivity index (χ2v) is 7.08. The topological polar surface area (TPSA) is 30.9 Å². The third-order valence-electron chi connectivity index (χ3n) is 5.47. The summed E-state index contributed by atoms with van der Waals surface area (Å²) in [7, 11) is 3.29. The third-order valence-corrected chi connectivity index (χ3v) is 5.47. The summed E-state index contributed by atoms with van der Waals surface area (Å²) in [6.45, 7) is 2.14. The van der Waals surface area contributed by atoms with Gasteiger partial charge in [0.2, 0.25) is 0 Å².